The molecule has 1 aromatic rings. The molecule has 2 aliphatic rings. The zero-order valence-electron chi connectivity index (χ0n) is 11.4. The fraction of sp³-hybridized carbons (Fsp3) is 0.571. The molecule has 106 valence electrons. The standard InChI is InChI=1S/C14H17FN4O/c1-14(3-2-4-14)8-20-12-6-10(5-11(15)7-12)13-18-16-9-17-19-13/h5-6,9,11H,2-4,7-8H2,1H3. The summed E-state index contributed by atoms with van der Waals surface area (Å²) in [6.07, 6.45) is 7.32. The lowest BCUT2D eigenvalue weighted by Gasteiger charge is -2.38. The highest BCUT2D eigenvalue weighted by Crippen LogP contribution is 2.41. The number of alkyl halides is 1. The van der Waals surface area contributed by atoms with Gasteiger partial charge in [-0.2, -0.15) is 0 Å². The molecule has 1 fully saturated rings. The van der Waals surface area contributed by atoms with Gasteiger partial charge in [0.1, 0.15) is 6.17 Å². The Morgan fingerprint density at radius 3 is 2.75 bits per heavy atom. The van der Waals surface area contributed by atoms with Gasteiger partial charge in [0.25, 0.3) is 0 Å². The smallest absolute Gasteiger partial charge is 0.203 e. The van der Waals surface area contributed by atoms with Crippen molar-refractivity contribution in [1.82, 2.24) is 20.4 Å². The SMILES string of the molecule is CC1(COC2=CC(c3nncnn3)=CC(F)C2)CCC1. The molecular weight excluding hydrogens is 259 g/mol. The largest absolute Gasteiger partial charge is 0.497 e. The highest BCUT2D eigenvalue weighted by Gasteiger charge is 2.33. The van der Waals surface area contributed by atoms with E-state index in [-0.39, 0.29) is 11.8 Å². The average molecular weight is 276 g/mol. The minimum absolute atomic E-state index is 0.250. The van der Waals surface area contributed by atoms with Crippen LogP contribution in [0.5, 0.6) is 0 Å². The van der Waals surface area contributed by atoms with Crippen molar-refractivity contribution >= 4 is 5.57 Å². The molecular formula is C14H17FN4O. The van der Waals surface area contributed by atoms with E-state index in [2.05, 4.69) is 27.3 Å². The molecule has 1 unspecified atom stereocenters. The van der Waals surface area contributed by atoms with Crippen LogP contribution in [-0.2, 0) is 4.74 Å². The number of rotatable bonds is 4. The summed E-state index contributed by atoms with van der Waals surface area (Å²) in [5.41, 5.74) is 0.832. The highest BCUT2D eigenvalue weighted by atomic mass is 19.1. The van der Waals surface area contributed by atoms with Gasteiger partial charge in [-0.05, 0) is 25.0 Å². The van der Waals surface area contributed by atoms with Crippen LogP contribution in [0.3, 0.4) is 0 Å². The Balaban J connectivity index is 1.71. The van der Waals surface area contributed by atoms with Crippen molar-refractivity contribution in [2.75, 3.05) is 6.61 Å². The third kappa shape index (κ3) is 2.84. The highest BCUT2D eigenvalue weighted by molar-refractivity contribution is 5.71. The van der Waals surface area contributed by atoms with Gasteiger partial charge in [0.15, 0.2) is 6.33 Å². The predicted octanol–water partition coefficient (Wildman–Crippen LogP) is 2.48. The maximum Gasteiger partial charge on any atom is 0.203 e. The van der Waals surface area contributed by atoms with E-state index in [1.54, 1.807) is 6.08 Å². The van der Waals surface area contributed by atoms with Crippen molar-refractivity contribution in [3.8, 4) is 0 Å². The summed E-state index contributed by atoms with van der Waals surface area (Å²) in [6, 6.07) is 0. The van der Waals surface area contributed by atoms with Gasteiger partial charge in [0, 0.05) is 17.4 Å². The van der Waals surface area contributed by atoms with Gasteiger partial charge in [-0.3, -0.25) is 0 Å². The van der Waals surface area contributed by atoms with Gasteiger partial charge in [-0.1, -0.05) is 13.3 Å². The molecule has 0 radical (unpaired) electrons. The van der Waals surface area contributed by atoms with E-state index >= 15 is 0 Å². The fourth-order valence-corrected chi connectivity index (χ4v) is 2.48. The number of halogens is 1. The number of aromatic nitrogens is 4. The van der Waals surface area contributed by atoms with E-state index in [9.17, 15) is 4.39 Å². The third-order valence-electron chi connectivity index (χ3n) is 3.91. The van der Waals surface area contributed by atoms with Gasteiger partial charge in [0.2, 0.25) is 5.82 Å². The van der Waals surface area contributed by atoms with Gasteiger partial charge < -0.3 is 4.74 Å². The predicted molar refractivity (Wildman–Crippen MR) is 71.1 cm³/mol. The molecule has 1 aromatic heterocycles. The van der Waals surface area contributed by atoms with Gasteiger partial charge >= 0.3 is 0 Å². The van der Waals surface area contributed by atoms with Crippen LogP contribution in [0.25, 0.3) is 5.57 Å². The van der Waals surface area contributed by atoms with E-state index in [0.29, 0.717) is 23.8 Å². The van der Waals surface area contributed by atoms with Crippen LogP contribution in [0.15, 0.2) is 24.2 Å². The lowest BCUT2D eigenvalue weighted by Crippen LogP contribution is -2.31. The molecule has 0 amide bonds. The Kier molecular flexibility index (Phi) is 3.46. The topological polar surface area (TPSA) is 60.8 Å². The molecule has 1 saturated carbocycles. The first-order valence-corrected chi connectivity index (χ1v) is 6.85. The summed E-state index contributed by atoms with van der Waals surface area (Å²) < 4.78 is 19.6. The zero-order chi connectivity index (χ0) is 14.0. The molecule has 3 rings (SSSR count). The monoisotopic (exact) mass is 276 g/mol. The van der Waals surface area contributed by atoms with E-state index < -0.39 is 6.17 Å². The Labute approximate surface area is 117 Å². The van der Waals surface area contributed by atoms with Crippen LogP contribution in [0.4, 0.5) is 4.39 Å². The van der Waals surface area contributed by atoms with Crippen LogP contribution in [0.2, 0.25) is 0 Å². The van der Waals surface area contributed by atoms with Gasteiger partial charge in [0.05, 0.1) is 12.4 Å². The Morgan fingerprint density at radius 2 is 2.10 bits per heavy atom. The van der Waals surface area contributed by atoms with Gasteiger partial charge in [-0.15, -0.1) is 20.4 Å². The van der Waals surface area contributed by atoms with E-state index in [1.807, 2.05) is 0 Å². The average Bonchev–Trinajstić information content (AvgIpc) is 2.43. The normalized spacial score (nSPS) is 24.4. The molecule has 6 heteroatoms. The maximum absolute atomic E-state index is 13.8. The number of hydrogen-bond donors (Lipinski definition) is 0. The summed E-state index contributed by atoms with van der Waals surface area (Å²) in [5, 5.41) is 15.0. The first kappa shape index (κ1) is 13.1. The summed E-state index contributed by atoms with van der Waals surface area (Å²) in [4.78, 5) is 0. The minimum atomic E-state index is -1.08. The number of ether oxygens (including phenoxy) is 1. The third-order valence-corrected chi connectivity index (χ3v) is 3.91. The molecule has 0 N–H and O–H groups in total. The maximum atomic E-state index is 13.8. The Morgan fingerprint density at radius 1 is 1.35 bits per heavy atom. The summed E-state index contributed by atoms with van der Waals surface area (Å²) in [6.45, 7) is 2.85. The van der Waals surface area contributed by atoms with Crippen molar-refractivity contribution < 1.29 is 9.13 Å². The van der Waals surface area contributed by atoms with E-state index in [0.717, 1.165) is 0 Å². The summed E-state index contributed by atoms with van der Waals surface area (Å²) >= 11 is 0. The Bertz CT molecular complexity index is 539. The van der Waals surface area contributed by atoms with Crippen LogP contribution in [0, 0.1) is 5.41 Å². The summed E-state index contributed by atoms with van der Waals surface area (Å²) in [5.74, 6) is 0.974. The molecule has 0 saturated heterocycles. The fourth-order valence-electron chi connectivity index (χ4n) is 2.48. The molecule has 0 aromatic carbocycles. The molecule has 0 bridgehead atoms. The number of allylic oxidation sites excluding steroid dienone is 4. The van der Waals surface area contributed by atoms with Crippen molar-refractivity contribution in [1.29, 1.82) is 0 Å². The Hall–Kier alpha value is -1.85. The molecule has 1 atom stereocenters. The van der Waals surface area contributed by atoms with Crippen LogP contribution < -0.4 is 0 Å². The second kappa shape index (κ2) is 5.26. The van der Waals surface area contributed by atoms with Gasteiger partial charge in [-0.25, -0.2) is 4.39 Å². The molecule has 2 aliphatic carbocycles. The van der Waals surface area contributed by atoms with Crippen LogP contribution in [0.1, 0.15) is 38.4 Å². The van der Waals surface area contributed by atoms with E-state index in [1.165, 1.54) is 31.7 Å². The second-order valence-corrected chi connectivity index (χ2v) is 5.78. The number of nitrogens with zero attached hydrogens (tertiary/aromatic N) is 4. The molecule has 5 nitrogen and oxygen atoms in total. The van der Waals surface area contributed by atoms with Crippen molar-refractivity contribution in [2.24, 2.45) is 5.41 Å². The molecule has 20 heavy (non-hydrogen) atoms. The molecule has 0 spiro atoms. The van der Waals surface area contributed by atoms with Crippen molar-refractivity contribution in [2.45, 2.75) is 38.8 Å². The lowest BCUT2D eigenvalue weighted by atomic mass is 9.71. The van der Waals surface area contributed by atoms with Crippen LogP contribution in [-0.4, -0.2) is 33.2 Å². The zero-order valence-corrected chi connectivity index (χ0v) is 11.4. The summed E-state index contributed by atoms with van der Waals surface area (Å²) in [7, 11) is 0. The molecule has 1 heterocycles. The second-order valence-electron chi connectivity index (χ2n) is 5.78. The minimum Gasteiger partial charge on any atom is -0.497 e. The lowest BCUT2D eigenvalue weighted by molar-refractivity contribution is 0.0347. The first-order chi connectivity index (χ1) is 9.65. The van der Waals surface area contributed by atoms with E-state index in [4.69, 9.17) is 4.74 Å². The number of hydrogen-bond acceptors (Lipinski definition) is 5. The van der Waals surface area contributed by atoms with Crippen molar-refractivity contribution in [3.05, 3.63) is 30.1 Å². The van der Waals surface area contributed by atoms with Crippen molar-refractivity contribution in [3.63, 3.8) is 0 Å². The first-order valence-electron chi connectivity index (χ1n) is 6.85. The quantitative estimate of drug-likeness (QED) is 0.845. The molecule has 0 aliphatic heterocycles. The van der Waals surface area contributed by atoms with Crippen LogP contribution >= 0.6 is 0 Å².